The highest BCUT2D eigenvalue weighted by Gasteiger charge is 2.53. The van der Waals surface area contributed by atoms with Gasteiger partial charge in [-0.3, -0.25) is 0 Å². The molecule has 8 nitrogen and oxygen atoms in total. The van der Waals surface area contributed by atoms with Crippen LogP contribution in [0.1, 0.15) is 13.2 Å². The molecule has 0 bridgehead atoms. The monoisotopic (exact) mass is 356 g/mol. The third-order valence-corrected chi connectivity index (χ3v) is 4.82. The summed E-state index contributed by atoms with van der Waals surface area (Å²) in [6.07, 6.45) is -1.34. The standard InChI is InChI=1S/C18H20N4O4/c1-18(25)14(24)12(9-23)26-16(18)22-8-7-11-13(10-5-3-2-4-6-10)20-17(19)21-15(11)22/h2-8,12,14,16,23-25H,9H2,1H3,(H2,19,20,21)/t12-,14-,16-,18-/m1/s1. The highest BCUT2D eigenvalue weighted by atomic mass is 16.6. The van der Waals surface area contributed by atoms with Gasteiger partial charge in [-0.2, -0.15) is 4.98 Å². The average molecular weight is 356 g/mol. The molecule has 26 heavy (non-hydrogen) atoms. The lowest BCUT2D eigenvalue weighted by molar-refractivity contribution is -0.0948. The molecule has 5 N–H and O–H groups in total. The normalized spacial score (nSPS) is 28.7. The number of nitrogen functional groups attached to an aromatic ring is 1. The summed E-state index contributed by atoms with van der Waals surface area (Å²) in [5.41, 5.74) is 6.34. The molecular formula is C18H20N4O4. The van der Waals surface area contributed by atoms with Crippen LogP contribution in [0.2, 0.25) is 0 Å². The van der Waals surface area contributed by atoms with Crippen molar-refractivity contribution >= 4 is 17.0 Å². The van der Waals surface area contributed by atoms with Gasteiger partial charge in [0.25, 0.3) is 0 Å². The van der Waals surface area contributed by atoms with E-state index in [-0.39, 0.29) is 5.95 Å². The number of hydrogen-bond acceptors (Lipinski definition) is 7. The van der Waals surface area contributed by atoms with Crippen molar-refractivity contribution in [2.75, 3.05) is 12.3 Å². The molecule has 136 valence electrons. The van der Waals surface area contributed by atoms with Crippen LogP contribution in [0.15, 0.2) is 42.6 Å². The molecule has 2 aromatic heterocycles. The van der Waals surface area contributed by atoms with E-state index in [1.54, 1.807) is 10.8 Å². The van der Waals surface area contributed by atoms with Crippen LogP contribution >= 0.6 is 0 Å². The highest BCUT2D eigenvalue weighted by Crippen LogP contribution is 2.40. The fraction of sp³-hybridized carbons (Fsp3) is 0.333. The smallest absolute Gasteiger partial charge is 0.222 e. The molecule has 3 heterocycles. The third kappa shape index (κ3) is 2.46. The summed E-state index contributed by atoms with van der Waals surface area (Å²) in [7, 11) is 0. The van der Waals surface area contributed by atoms with Crippen LogP contribution in [-0.4, -0.2) is 54.3 Å². The topological polar surface area (TPSA) is 127 Å². The van der Waals surface area contributed by atoms with Gasteiger partial charge in [0, 0.05) is 17.1 Å². The van der Waals surface area contributed by atoms with Crippen LogP contribution in [0.25, 0.3) is 22.3 Å². The van der Waals surface area contributed by atoms with E-state index in [2.05, 4.69) is 9.97 Å². The first-order valence-corrected chi connectivity index (χ1v) is 8.29. The van der Waals surface area contributed by atoms with Crippen LogP contribution in [-0.2, 0) is 4.74 Å². The zero-order valence-electron chi connectivity index (χ0n) is 14.1. The average Bonchev–Trinajstić information content (AvgIpc) is 3.14. The first kappa shape index (κ1) is 16.9. The molecule has 3 aromatic rings. The Kier molecular flexibility index (Phi) is 3.92. The second-order valence-corrected chi connectivity index (χ2v) is 6.64. The lowest BCUT2D eigenvalue weighted by Gasteiger charge is -2.27. The molecule has 0 radical (unpaired) electrons. The minimum atomic E-state index is -1.61. The van der Waals surface area contributed by atoms with E-state index in [9.17, 15) is 15.3 Å². The Morgan fingerprint density at radius 3 is 2.62 bits per heavy atom. The van der Waals surface area contributed by atoms with Gasteiger partial charge < -0.3 is 30.4 Å². The quantitative estimate of drug-likeness (QED) is 0.543. The van der Waals surface area contributed by atoms with E-state index in [4.69, 9.17) is 10.5 Å². The zero-order valence-corrected chi connectivity index (χ0v) is 14.1. The largest absolute Gasteiger partial charge is 0.394 e. The lowest BCUT2D eigenvalue weighted by Crippen LogP contribution is -2.44. The van der Waals surface area contributed by atoms with Gasteiger partial charge in [-0.15, -0.1) is 0 Å². The molecule has 0 aliphatic carbocycles. The highest BCUT2D eigenvalue weighted by molar-refractivity contribution is 5.92. The summed E-state index contributed by atoms with van der Waals surface area (Å²) in [5, 5.41) is 31.1. The fourth-order valence-electron chi connectivity index (χ4n) is 3.45. The van der Waals surface area contributed by atoms with Crippen molar-refractivity contribution in [3.05, 3.63) is 42.6 Å². The van der Waals surface area contributed by atoms with Crippen molar-refractivity contribution in [3.8, 4) is 11.3 Å². The molecule has 0 unspecified atom stereocenters. The summed E-state index contributed by atoms with van der Waals surface area (Å²) >= 11 is 0. The van der Waals surface area contributed by atoms with Gasteiger partial charge in [-0.05, 0) is 13.0 Å². The second kappa shape index (κ2) is 6.03. The minimum absolute atomic E-state index is 0.0909. The van der Waals surface area contributed by atoms with Gasteiger partial charge in [0.05, 0.1) is 12.3 Å². The molecule has 1 saturated heterocycles. The van der Waals surface area contributed by atoms with Gasteiger partial charge in [0.2, 0.25) is 5.95 Å². The van der Waals surface area contributed by atoms with Gasteiger partial charge in [-0.25, -0.2) is 4.98 Å². The van der Waals surface area contributed by atoms with Gasteiger partial charge >= 0.3 is 0 Å². The maximum atomic E-state index is 10.7. The van der Waals surface area contributed by atoms with Crippen molar-refractivity contribution in [1.29, 1.82) is 0 Å². The second-order valence-electron chi connectivity index (χ2n) is 6.64. The number of aliphatic hydroxyl groups is 3. The van der Waals surface area contributed by atoms with Gasteiger partial charge in [0.1, 0.15) is 23.5 Å². The van der Waals surface area contributed by atoms with Crippen LogP contribution in [0, 0.1) is 0 Å². The van der Waals surface area contributed by atoms with Gasteiger partial charge in [0.15, 0.2) is 6.23 Å². The van der Waals surface area contributed by atoms with E-state index in [0.717, 1.165) is 10.9 Å². The number of nitrogens with two attached hydrogens (primary N) is 1. The van der Waals surface area contributed by atoms with Crippen molar-refractivity contribution in [3.63, 3.8) is 0 Å². The number of benzene rings is 1. The van der Waals surface area contributed by atoms with Crippen LogP contribution in [0.4, 0.5) is 5.95 Å². The van der Waals surface area contributed by atoms with E-state index < -0.39 is 30.6 Å². The molecule has 1 aliphatic heterocycles. The maximum absolute atomic E-state index is 10.7. The molecule has 4 rings (SSSR count). The number of aromatic nitrogens is 3. The van der Waals surface area contributed by atoms with Crippen molar-refractivity contribution < 1.29 is 20.1 Å². The number of anilines is 1. The summed E-state index contributed by atoms with van der Waals surface area (Å²) < 4.78 is 7.30. The molecule has 8 heteroatoms. The summed E-state index contributed by atoms with van der Waals surface area (Å²) in [4.78, 5) is 8.66. The summed E-state index contributed by atoms with van der Waals surface area (Å²) in [6, 6.07) is 11.4. The molecular weight excluding hydrogens is 336 g/mol. The molecule has 0 spiro atoms. The summed E-state index contributed by atoms with van der Waals surface area (Å²) in [5.74, 6) is 0.0909. The first-order valence-electron chi connectivity index (χ1n) is 8.29. The lowest BCUT2D eigenvalue weighted by atomic mass is 9.96. The maximum Gasteiger partial charge on any atom is 0.222 e. The number of nitrogens with zero attached hydrogens (tertiary/aromatic N) is 3. The molecule has 0 amide bonds. The third-order valence-electron chi connectivity index (χ3n) is 4.82. The SMILES string of the molecule is C[C@@]1(O)[C@H](O)[C@@H](CO)O[C@H]1n1ccc2c(-c3ccccc3)nc(N)nc21. The Labute approximate surface area is 149 Å². The predicted octanol–water partition coefficient (Wildman–Crippen LogP) is 0.682. The Morgan fingerprint density at radius 2 is 1.96 bits per heavy atom. The van der Waals surface area contributed by atoms with Gasteiger partial charge in [-0.1, -0.05) is 30.3 Å². The number of rotatable bonds is 3. The molecule has 1 aromatic carbocycles. The number of aliphatic hydroxyl groups excluding tert-OH is 2. The van der Waals surface area contributed by atoms with Crippen molar-refractivity contribution in [2.45, 2.75) is 31.0 Å². The zero-order chi connectivity index (χ0) is 18.5. The molecule has 1 fully saturated rings. The fourth-order valence-corrected chi connectivity index (χ4v) is 3.45. The van der Waals surface area contributed by atoms with Crippen molar-refractivity contribution in [2.24, 2.45) is 0 Å². The number of hydrogen-bond donors (Lipinski definition) is 4. The van der Waals surface area contributed by atoms with E-state index in [1.807, 2.05) is 36.4 Å². The Bertz CT molecular complexity index is 941. The van der Waals surface area contributed by atoms with E-state index in [0.29, 0.717) is 11.3 Å². The van der Waals surface area contributed by atoms with E-state index in [1.165, 1.54) is 6.92 Å². The molecule has 0 saturated carbocycles. The van der Waals surface area contributed by atoms with E-state index >= 15 is 0 Å². The Hall–Kier alpha value is -2.52. The number of fused-ring (bicyclic) bond motifs is 1. The Morgan fingerprint density at radius 1 is 1.23 bits per heavy atom. The first-order chi connectivity index (χ1) is 12.4. The van der Waals surface area contributed by atoms with Crippen molar-refractivity contribution in [1.82, 2.24) is 14.5 Å². The van der Waals surface area contributed by atoms with Crippen LogP contribution < -0.4 is 5.73 Å². The summed E-state index contributed by atoms with van der Waals surface area (Å²) in [6.45, 7) is 1.06. The predicted molar refractivity (Wildman–Crippen MR) is 95.0 cm³/mol. The van der Waals surface area contributed by atoms with Crippen LogP contribution in [0.5, 0.6) is 0 Å². The van der Waals surface area contributed by atoms with Crippen LogP contribution in [0.3, 0.4) is 0 Å². The number of ether oxygens (including phenoxy) is 1. The Balaban J connectivity index is 1.88. The minimum Gasteiger partial charge on any atom is -0.394 e. The molecule has 4 atom stereocenters. The molecule has 1 aliphatic rings.